The zero-order valence-corrected chi connectivity index (χ0v) is 10.4. The zero-order valence-electron chi connectivity index (χ0n) is 10.4. The van der Waals surface area contributed by atoms with E-state index in [0.29, 0.717) is 12.1 Å². The highest BCUT2D eigenvalue weighted by Gasteiger charge is 2.13. The molecule has 0 spiro atoms. The molecule has 1 N–H and O–H groups in total. The van der Waals surface area contributed by atoms with Crippen molar-refractivity contribution in [2.75, 3.05) is 20.6 Å². The van der Waals surface area contributed by atoms with Crippen molar-refractivity contribution in [2.45, 2.75) is 25.9 Å². The molecule has 0 saturated heterocycles. The Bertz CT molecular complexity index is 293. The summed E-state index contributed by atoms with van der Waals surface area (Å²) in [5.74, 6) is 1.08. The third-order valence-electron chi connectivity index (χ3n) is 2.42. The summed E-state index contributed by atoms with van der Waals surface area (Å²) in [7, 11) is 6.20. The molecule has 15 heavy (non-hydrogen) atoms. The number of hydrogen-bond acceptors (Lipinski definition) is 3. The number of imidazole rings is 1. The summed E-state index contributed by atoms with van der Waals surface area (Å²) >= 11 is 0. The Labute approximate surface area is 92.3 Å². The van der Waals surface area contributed by atoms with Gasteiger partial charge in [-0.1, -0.05) is 0 Å². The summed E-state index contributed by atoms with van der Waals surface area (Å²) in [5, 5.41) is 3.53. The molecule has 1 heterocycles. The SMILES string of the molecule is CC(CN(C)C)NC(C)c1nccn1C. The predicted molar refractivity (Wildman–Crippen MR) is 62.8 cm³/mol. The van der Waals surface area contributed by atoms with Gasteiger partial charge in [-0.2, -0.15) is 0 Å². The largest absolute Gasteiger partial charge is 0.337 e. The number of aryl methyl sites for hydroxylation is 1. The summed E-state index contributed by atoms with van der Waals surface area (Å²) in [4.78, 5) is 6.52. The van der Waals surface area contributed by atoms with E-state index in [-0.39, 0.29) is 0 Å². The van der Waals surface area contributed by atoms with Crippen molar-refractivity contribution in [3.63, 3.8) is 0 Å². The van der Waals surface area contributed by atoms with Gasteiger partial charge < -0.3 is 14.8 Å². The second-order valence-corrected chi connectivity index (χ2v) is 4.45. The van der Waals surface area contributed by atoms with Gasteiger partial charge in [0, 0.05) is 32.0 Å². The van der Waals surface area contributed by atoms with Crippen molar-refractivity contribution < 1.29 is 0 Å². The molecule has 4 heteroatoms. The van der Waals surface area contributed by atoms with Crippen LogP contribution in [0.1, 0.15) is 25.7 Å². The van der Waals surface area contributed by atoms with Crippen LogP contribution in [-0.2, 0) is 7.05 Å². The van der Waals surface area contributed by atoms with Gasteiger partial charge in [-0.15, -0.1) is 0 Å². The van der Waals surface area contributed by atoms with Crippen LogP contribution in [0.25, 0.3) is 0 Å². The number of likely N-dealkylation sites (N-methyl/N-ethyl adjacent to an activating group) is 1. The van der Waals surface area contributed by atoms with E-state index in [2.05, 4.69) is 47.7 Å². The molecule has 0 amide bonds. The molecular weight excluding hydrogens is 188 g/mol. The zero-order chi connectivity index (χ0) is 11.4. The number of rotatable bonds is 5. The molecule has 0 bridgehead atoms. The first kappa shape index (κ1) is 12.2. The fourth-order valence-corrected chi connectivity index (χ4v) is 1.90. The lowest BCUT2D eigenvalue weighted by Gasteiger charge is -2.22. The van der Waals surface area contributed by atoms with Crippen LogP contribution in [-0.4, -0.2) is 41.1 Å². The smallest absolute Gasteiger partial charge is 0.125 e. The number of hydrogen-bond donors (Lipinski definition) is 1. The van der Waals surface area contributed by atoms with Crippen molar-refractivity contribution in [2.24, 2.45) is 7.05 Å². The molecule has 0 radical (unpaired) electrons. The Hall–Kier alpha value is -0.870. The molecule has 0 fully saturated rings. The minimum atomic E-state index is 0.292. The van der Waals surface area contributed by atoms with Gasteiger partial charge in [0.05, 0.1) is 6.04 Å². The van der Waals surface area contributed by atoms with E-state index in [4.69, 9.17) is 0 Å². The van der Waals surface area contributed by atoms with Crippen LogP contribution in [0.15, 0.2) is 12.4 Å². The summed E-state index contributed by atoms with van der Waals surface area (Å²) in [6.45, 7) is 5.38. The van der Waals surface area contributed by atoms with E-state index in [1.165, 1.54) is 0 Å². The second-order valence-electron chi connectivity index (χ2n) is 4.45. The van der Waals surface area contributed by atoms with Gasteiger partial charge in [0.2, 0.25) is 0 Å². The molecule has 1 aromatic heterocycles. The van der Waals surface area contributed by atoms with Crippen LogP contribution < -0.4 is 5.32 Å². The van der Waals surface area contributed by atoms with Gasteiger partial charge in [-0.25, -0.2) is 4.98 Å². The molecule has 0 aromatic carbocycles. The number of nitrogens with zero attached hydrogens (tertiary/aromatic N) is 3. The predicted octanol–water partition coefficient (Wildman–Crippen LogP) is 1.02. The molecule has 86 valence electrons. The lowest BCUT2D eigenvalue weighted by atomic mass is 10.2. The maximum atomic E-state index is 4.33. The van der Waals surface area contributed by atoms with Gasteiger partial charge in [0.1, 0.15) is 5.82 Å². The Morgan fingerprint density at radius 2 is 2.13 bits per heavy atom. The second kappa shape index (κ2) is 5.28. The van der Waals surface area contributed by atoms with Crippen molar-refractivity contribution >= 4 is 0 Å². The van der Waals surface area contributed by atoms with E-state index in [9.17, 15) is 0 Å². The topological polar surface area (TPSA) is 33.1 Å². The maximum absolute atomic E-state index is 4.33. The van der Waals surface area contributed by atoms with Gasteiger partial charge in [-0.05, 0) is 27.9 Å². The molecule has 1 rings (SSSR count). The van der Waals surface area contributed by atoms with Crippen molar-refractivity contribution in [1.82, 2.24) is 19.8 Å². The fraction of sp³-hybridized carbons (Fsp3) is 0.727. The fourth-order valence-electron chi connectivity index (χ4n) is 1.90. The normalized spacial score (nSPS) is 15.6. The van der Waals surface area contributed by atoms with Crippen molar-refractivity contribution in [1.29, 1.82) is 0 Å². The van der Waals surface area contributed by atoms with Gasteiger partial charge >= 0.3 is 0 Å². The Morgan fingerprint density at radius 1 is 1.47 bits per heavy atom. The van der Waals surface area contributed by atoms with Gasteiger partial charge in [-0.3, -0.25) is 0 Å². The van der Waals surface area contributed by atoms with Crippen molar-refractivity contribution in [3.05, 3.63) is 18.2 Å². The number of nitrogens with one attached hydrogen (secondary N) is 1. The molecule has 0 saturated carbocycles. The summed E-state index contributed by atoms with van der Waals surface area (Å²) in [6.07, 6.45) is 3.81. The Kier molecular flexibility index (Phi) is 4.29. The van der Waals surface area contributed by atoms with Crippen molar-refractivity contribution in [3.8, 4) is 0 Å². The van der Waals surface area contributed by atoms with E-state index < -0.39 is 0 Å². The quantitative estimate of drug-likeness (QED) is 0.787. The maximum Gasteiger partial charge on any atom is 0.125 e. The average molecular weight is 210 g/mol. The minimum Gasteiger partial charge on any atom is -0.337 e. The molecule has 0 aliphatic carbocycles. The molecular formula is C11H22N4. The third-order valence-corrected chi connectivity index (χ3v) is 2.42. The lowest BCUT2D eigenvalue weighted by Crippen LogP contribution is -2.37. The van der Waals surface area contributed by atoms with E-state index in [1.54, 1.807) is 0 Å². The standard InChI is InChI=1S/C11H22N4/c1-9(8-14(3)4)13-10(2)11-12-6-7-15(11)5/h6-7,9-10,13H,8H2,1-5H3. The van der Waals surface area contributed by atoms with Crippen LogP contribution in [0.5, 0.6) is 0 Å². The van der Waals surface area contributed by atoms with Crippen LogP contribution in [0.3, 0.4) is 0 Å². The lowest BCUT2D eigenvalue weighted by molar-refractivity contribution is 0.330. The van der Waals surface area contributed by atoms with Gasteiger partial charge in [0.15, 0.2) is 0 Å². The molecule has 4 nitrogen and oxygen atoms in total. The van der Waals surface area contributed by atoms with E-state index >= 15 is 0 Å². The summed E-state index contributed by atoms with van der Waals surface area (Å²) in [6, 6.07) is 0.756. The Morgan fingerprint density at radius 3 is 2.60 bits per heavy atom. The summed E-state index contributed by atoms with van der Waals surface area (Å²) in [5.41, 5.74) is 0. The highest BCUT2D eigenvalue weighted by molar-refractivity contribution is 4.97. The van der Waals surface area contributed by atoms with E-state index in [0.717, 1.165) is 12.4 Å². The van der Waals surface area contributed by atoms with Crippen LogP contribution in [0.2, 0.25) is 0 Å². The van der Waals surface area contributed by atoms with Crippen LogP contribution >= 0.6 is 0 Å². The molecule has 0 aliphatic heterocycles. The van der Waals surface area contributed by atoms with Crippen LogP contribution in [0, 0.1) is 0 Å². The summed E-state index contributed by atoms with van der Waals surface area (Å²) < 4.78 is 2.06. The first-order chi connectivity index (χ1) is 7.00. The van der Waals surface area contributed by atoms with Crippen LogP contribution in [0.4, 0.5) is 0 Å². The Balaban J connectivity index is 2.49. The number of aromatic nitrogens is 2. The molecule has 1 aromatic rings. The highest BCUT2D eigenvalue weighted by atomic mass is 15.1. The average Bonchev–Trinajstić information content (AvgIpc) is 2.49. The third kappa shape index (κ3) is 3.64. The monoisotopic (exact) mass is 210 g/mol. The van der Waals surface area contributed by atoms with E-state index in [1.807, 2.05) is 19.4 Å². The molecule has 0 aliphatic rings. The highest BCUT2D eigenvalue weighted by Crippen LogP contribution is 2.09. The first-order valence-electron chi connectivity index (χ1n) is 5.38. The first-order valence-corrected chi connectivity index (χ1v) is 5.38. The minimum absolute atomic E-state index is 0.292. The molecule has 2 unspecified atom stereocenters. The molecule has 2 atom stereocenters. The van der Waals surface area contributed by atoms with Gasteiger partial charge in [0.25, 0.3) is 0 Å².